The molecule has 100 valence electrons. The van der Waals surface area contributed by atoms with Gasteiger partial charge in [-0.2, -0.15) is 0 Å². The first-order valence-electron chi connectivity index (χ1n) is 6.05. The number of aromatic hydroxyl groups is 1. The second-order valence-electron chi connectivity index (χ2n) is 4.92. The Kier molecular flexibility index (Phi) is 4.14. The summed E-state index contributed by atoms with van der Waals surface area (Å²) in [5, 5.41) is 9.94. The zero-order chi connectivity index (χ0) is 13.3. The van der Waals surface area contributed by atoms with Gasteiger partial charge in [0, 0.05) is 25.7 Å². The Hall–Kier alpha value is -0.780. The minimum absolute atomic E-state index is 0.159. The summed E-state index contributed by atoms with van der Waals surface area (Å²) < 4.78 is 5.77. The predicted molar refractivity (Wildman–Crippen MR) is 74.8 cm³/mol. The van der Waals surface area contributed by atoms with Gasteiger partial charge in [0.2, 0.25) is 0 Å². The molecular weight excluding hydrogens is 296 g/mol. The first-order chi connectivity index (χ1) is 8.52. The van der Waals surface area contributed by atoms with Gasteiger partial charge in [0.1, 0.15) is 0 Å². The van der Waals surface area contributed by atoms with Crippen LogP contribution < -0.4 is 10.5 Å². The highest BCUT2D eigenvalue weighted by Crippen LogP contribution is 2.37. The molecule has 4 nitrogen and oxygen atoms in total. The highest BCUT2D eigenvalue weighted by Gasteiger charge is 2.27. The lowest BCUT2D eigenvalue weighted by atomic mass is 10.1. The van der Waals surface area contributed by atoms with Crippen molar-refractivity contribution in [2.45, 2.75) is 19.5 Å². The monoisotopic (exact) mass is 314 g/mol. The van der Waals surface area contributed by atoms with Crippen LogP contribution in [0.15, 0.2) is 16.6 Å². The number of benzene rings is 1. The number of methoxy groups -OCH3 is 1. The summed E-state index contributed by atoms with van der Waals surface area (Å²) in [6.07, 6.45) is 0. The Morgan fingerprint density at radius 3 is 2.78 bits per heavy atom. The van der Waals surface area contributed by atoms with Gasteiger partial charge < -0.3 is 15.6 Å². The zero-order valence-corrected chi connectivity index (χ0v) is 12.3. The quantitative estimate of drug-likeness (QED) is 0.895. The summed E-state index contributed by atoms with van der Waals surface area (Å²) >= 11 is 3.42. The van der Waals surface area contributed by atoms with Gasteiger partial charge in [0.15, 0.2) is 11.5 Å². The molecule has 1 aliphatic heterocycles. The van der Waals surface area contributed by atoms with E-state index in [0.29, 0.717) is 16.1 Å². The average Bonchev–Trinajstić information content (AvgIpc) is 2.65. The molecule has 1 aromatic carbocycles. The van der Waals surface area contributed by atoms with E-state index in [-0.39, 0.29) is 11.8 Å². The maximum atomic E-state index is 9.94. The molecule has 0 amide bonds. The number of ether oxygens (including phenoxy) is 1. The third-order valence-electron chi connectivity index (χ3n) is 3.52. The van der Waals surface area contributed by atoms with Crippen molar-refractivity contribution in [1.29, 1.82) is 0 Å². The zero-order valence-electron chi connectivity index (χ0n) is 10.7. The smallest absolute Gasteiger partial charge is 0.172 e. The molecule has 3 N–H and O–H groups in total. The minimum Gasteiger partial charge on any atom is -0.503 e. The van der Waals surface area contributed by atoms with Crippen LogP contribution in [0.2, 0.25) is 0 Å². The standard InChI is InChI=1S/C13H19BrN2O2/c1-8-5-16(7-10(8)15)6-9-3-4-11(18-2)13(17)12(9)14/h3-4,8,10,17H,5-7,15H2,1-2H3. The third-order valence-corrected chi connectivity index (χ3v) is 4.40. The number of rotatable bonds is 3. The molecule has 0 radical (unpaired) electrons. The highest BCUT2D eigenvalue weighted by atomic mass is 79.9. The van der Waals surface area contributed by atoms with Gasteiger partial charge in [-0.05, 0) is 33.5 Å². The molecule has 2 rings (SSSR count). The molecule has 1 aliphatic rings. The van der Waals surface area contributed by atoms with Crippen LogP contribution in [0.25, 0.3) is 0 Å². The molecule has 2 unspecified atom stereocenters. The van der Waals surface area contributed by atoms with E-state index < -0.39 is 0 Å². The normalized spacial score (nSPS) is 24.4. The summed E-state index contributed by atoms with van der Waals surface area (Å²) in [6, 6.07) is 4.00. The lowest BCUT2D eigenvalue weighted by Gasteiger charge is -2.17. The lowest BCUT2D eigenvalue weighted by molar-refractivity contribution is 0.316. The van der Waals surface area contributed by atoms with Gasteiger partial charge in [0.25, 0.3) is 0 Å². The first-order valence-corrected chi connectivity index (χ1v) is 6.84. The van der Waals surface area contributed by atoms with E-state index in [4.69, 9.17) is 10.5 Å². The second-order valence-corrected chi connectivity index (χ2v) is 5.72. The van der Waals surface area contributed by atoms with Crippen molar-refractivity contribution in [2.75, 3.05) is 20.2 Å². The van der Waals surface area contributed by atoms with Crippen molar-refractivity contribution in [2.24, 2.45) is 11.7 Å². The van der Waals surface area contributed by atoms with E-state index in [1.165, 1.54) is 0 Å². The van der Waals surface area contributed by atoms with E-state index in [1.54, 1.807) is 13.2 Å². The van der Waals surface area contributed by atoms with E-state index in [9.17, 15) is 5.11 Å². The fourth-order valence-corrected chi connectivity index (χ4v) is 2.79. The van der Waals surface area contributed by atoms with Crippen molar-refractivity contribution in [3.05, 3.63) is 22.2 Å². The second kappa shape index (κ2) is 5.47. The first kappa shape index (κ1) is 13.6. The Balaban J connectivity index is 2.13. The predicted octanol–water partition coefficient (Wildman–Crippen LogP) is 1.94. The minimum atomic E-state index is 0.159. The van der Waals surface area contributed by atoms with Crippen LogP contribution in [0.3, 0.4) is 0 Å². The van der Waals surface area contributed by atoms with Crippen molar-refractivity contribution in [3.8, 4) is 11.5 Å². The van der Waals surface area contributed by atoms with Gasteiger partial charge in [-0.25, -0.2) is 0 Å². The summed E-state index contributed by atoms with van der Waals surface area (Å²) in [4.78, 5) is 2.31. The van der Waals surface area contributed by atoms with Crippen LogP contribution in [0, 0.1) is 5.92 Å². The van der Waals surface area contributed by atoms with Crippen molar-refractivity contribution >= 4 is 15.9 Å². The van der Waals surface area contributed by atoms with Crippen molar-refractivity contribution < 1.29 is 9.84 Å². The SMILES string of the molecule is COc1ccc(CN2CC(C)C(N)C2)c(Br)c1O. The van der Waals surface area contributed by atoms with E-state index in [0.717, 1.165) is 25.2 Å². The Morgan fingerprint density at radius 2 is 2.22 bits per heavy atom. The van der Waals surface area contributed by atoms with E-state index >= 15 is 0 Å². The third kappa shape index (κ3) is 2.63. The number of nitrogens with zero attached hydrogens (tertiary/aromatic N) is 1. The molecule has 1 heterocycles. The van der Waals surface area contributed by atoms with Crippen LogP contribution in [0.1, 0.15) is 12.5 Å². The van der Waals surface area contributed by atoms with Gasteiger partial charge in [-0.15, -0.1) is 0 Å². The number of halogens is 1. The van der Waals surface area contributed by atoms with Crippen LogP contribution in [0.5, 0.6) is 11.5 Å². The number of hydrogen-bond donors (Lipinski definition) is 2. The van der Waals surface area contributed by atoms with Crippen LogP contribution in [0.4, 0.5) is 0 Å². The Bertz CT molecular complexity index is 429. The molecular formula is C13H19BrN2O2. The molecule has 1 aromatic rings. The summed E-state index contributed by atoms with van der Waals surface area (Å²) in [5.74, 6) is 1.17. The van der Waals surface area contributed by atoms with Gasteiger partial charge in [-0.1, -0.05) is 13.0 Å². The summed E-state index contributed by atoms with van der Waals surface area (Å²) in [6.45, 7) is 4.86. The largest absolute Gasteiger partial charge is 0.503 e. The van der Waals surface area contributed by atoms with Gasteiger partial charge in [-0.3, -0.25) is 4.90 Å². The molecule has 0 aromatic heterocycles. The molecule has 0 aliphatic carbocycles. The van der Waals surface area contributed by atoms with Gasteiger partial charge in [0.05, 0.1) is 11.6 Å². The molecule has 0 saturated carbocycles. The number of likely N-dealkylation sites (tertiary alicyclic amines) is 1. The number of nitrogens with two attached hydrogens (primary N) is 1. The van der Waals surface area contributed by atoms with Crippen LogP contribution >= 0.6 is 15.9 Å². The maximum Gasteiger partial charge on any atom is 0.172 e. The summed E-state index contributed by atoms with van der Waals surface area (Å²) in [7, 11) is 1.54. The lowest BCUT2D eigenvalue weighted by Crippen LogP contribution is -2.28. The fourth-order valence-electron chi connectivity index (χ4n) is 2.34. The van der Waals surface area contributed by atoms with Crippen LogP contribution in [-0.2, 0) is 6.54 Å². The molecule has 2 atom stereocenters. The maximum absolute atomic E-state index is 9.94. The molecule has 1 saturated heterocycles. The Morgan fingerprint density at radius 1 is 1.50 bits per heavy atom. The molecule has 1 fully saturated rings. The number of phenolic OH excluding ortho intramolecular Hbond substituents is 1. The fraction of sp³-hybridized carbons (Fsp3) is 0.538. The highest BCUT2D eigenvalue weighted by molar-refractivity contribution is 9.10. The number of phenols is 1. The molecule has 18 heavy (non-hydrogen) atoms. The topological polar surface area (TPSA) is 58.7 Å². The van der Waals surface area contributed by atoms with Crippen LogP contribution in [-0.4, -0.2) is 36.2 Å². The van der Waals surface area contributed by atoms with E-state index in [1.807, 2.05) is 6.07 Å². The van der Waals surface area contributed by atoms with Crippen molar-refractivity contribution in [3.63, 3.8) is 0 Å². The molecule has 5 heteroatoms. The van der Waals surface area contributed by atoms with Crippen molar-refractivity contribution in [1.82, 2.24) is 4.90 Å². The number of hydrogen-bond acceptors (Lipinski definition) is 4. The summed E-state index contributed by atoms with van der Waals surface area (Å²) in [5.41, 5.74) is 7.06. The Labute approximate surface area is 116 Å². The van der Waals surface area contributed by atoms with E-state index in [2.05, 4.69) is 27.8 Å². The average molecular weight is 315 g/mol. The molecule has 0 bridgehead atoms. The molecule has 0 spiro atoms. The van der Waals surface area contributed by atoms with Gasteiger partial charge >= 0.3 is 0 Å².